The van der Waals surface area contributed by atoms with E-state index in [4.69, 9.17) is 14.2 Å². The summed E-state index contributed by atoms with van der Waals surface area (Å²) in [6.45, 7) is 7.51. The highest BCUT2D eigenvalue weighted by molar-refractivity contribution is 5.96. The van der Waals surface area contributed by atoms with Gasteiger partial charge in [-0.1, -0.05) is 0 Å². The van der Waals surface area contributed by atoms with Crippen molar-refractivity contribution in [3.63, 3.8) is 0 Å². The van der Waals surface area contributed by atoms with Crippen LogP contribution in [0.3, 0.4) is 0 Å². The zero-order valence-electron chi connectivity index (χ0n) is 14.4. The number of carbonyl (C=O) groups is 1. The molecule has 3 rings (SSSR count). The Morgan fingerprint density at radius 2 is 2.12 bits per heavy atom. The smallest absolute Gasteiger partial charge is 0.259 e. The summed E-state index contributed by atoms with van der Waals surface area (Å²) in [6, 6.07) is 3.65. The Labute approximate surface area is 142 Å². The van der Waals surface area contributed by atoms with Crippen LogP contribution in [0.2, 0.25) is 0 Å². The fourth-order valence-corrected chi connectivity index (χ4v) is 3.04. The highest BCUT2D eigenvalue weighted by Crippen LogP contribution is 2.24. The Morgan fingerprint density at radius 3 is 2.88 bits per heavy atom. The lowest BCUT2D eigenvalue weighted by Gasteiger charge is -2.31. The van der Waals surface area contributed by atoms with Crippen LogP contribution in [-0.2, 0) is 9.47 Å². The lowest BCUT2D eigenvalue weighted by Crippen LogP contribution is -2.47. The maximum atomic E-state index is 12.8. The molecular formula is C17H25N3O4. The maximum Gasteiger partial charge on any atom is 0.259 e. The first kappa shape index (κ1) is 17.1. The zero-order valence-corrected chi connectivity index (χ0v) is 14.4. The number of carbonyl (C=O) groups excluding carboxylic acids is 1. The Balaban J connectivity index is 1.80. The quantitative estimate of drug-likeness (QED) is 0.784. The molecule has 1 saturated heterocycles. The molecule has 1 amide bonds. The van der Waals surface area contributed by atoms with E-state index in [0.29, 0.717) is 31.1 Å². The van der Waals surface area contributed by atoms with E-state index in [0.717, 1.165) is 38.5 Å². The molecule has 1 aromatic rings. The van der Waals surface area contributed by atoms with Gasteiger partial charge in [-0.3, -0.25) is 9.69 Å². The molecule has 2 aliphatic rings. The number of hydrogen-bond acceptors (Lipinski definition) is 6. The molecule has 0 radical (unpaired) electrons. The minimum atomic E-state index is -0.112. The standard InChI is InChI=1S/C17H25N3O4/c1-13-3-4-15-16(18-13)24-14(11-19-5-9-23-10-6-19)12-20(17(15)21)7-8-22-2/h3-4,14H,5-12H2,1-2H3. The van der Waals surface area contributed by atoms with E-state index >= 15 is 0 Å². The van der Waals surface area contributed by atoms with E-state index < -0.39 is 0 Å². The van der Waals surface area contributed by atoms with Gasteiger partial charge in [0.05, 0.1) is 26.4 Å². The Morgan fingerprint density at radius 1 is 1.33 bits per heavy atom. The van der Waals surface area contributed by atoms with E-state index in [2.05, 4.69) is 9.88 Å². The normalized spacial score (nSPS) is 22.0. The Hall–Kier alpha value is -1.70. The van der Waals surface area contributed by atoms with Crippen LogP contribution in [0.5, 0.6) is 5.88 Å². The number of ether oxygens (including phenoxy) is 3. The van der Waals surface area contributed by atoms with Gasteiger partial charge in [0.2, 0.25) is 5.88 Å². The average molecular weight is 335 g/mol. The average Bonchev–Trinajstić information content (AvgIpc) is 2.70. The lowest BCUT2D eigenvalue weighted by atomic mass is 10.2. The molecule has 0 aliphatic carbocycles. The van der Waals surface area contributed by atoms with Crippen LogP contribution in [0.4, 0.5) is 0 Å². The van der Waals surface area contributed by atoms with Crippen LogP contribution in [-0.4, -0.2) is 86.4 Å². The second kappa shape index (κ2) is 7.92. The first-order chi connectivity index (χ1) is 11.7. The van der Waals surface area contributed by atoms with Crippen LogP contribution >= 0.6 is 0 Å². The molecule has 0 N–H and O–H groups in total. The van der Waals surface area contributed by atoms with Crippen LogP contribution in [0, 0.1) is 6.92 Å². The van der Waals surface area contributed by atoms with Gasteiger partial charge < -0.3 is 19.1 Å². The van der Waals surface area contributed by atoms with Gasteiger partial charge in [-0.2, -0.15) is 0 Å². The number of rotatable bonds is 5. The summed E-state index contributed by atoms with van der Waals surface area (Å²) in [5.41, 5.74) is 1.37. The highest BCUT2D eigenvalue weighted by Gasteiger charge is 2.31. The number of hydrogen-bond donors (Lipinski definition) is 0. The molecule has 0 spiro atoms. The van der Waals surface area contributed by atoms with Crippen molar-refractivity contribution < 1.29 is 19.0 Å². The molecule has 1 atom stereocenters. The molecule has 1 unspecified atom stereocenters. The number of morpholine rings is 1. The van der Waals surface area contributed by atoms with Crippen molar-refractivity contribution in [2.75, 3.05) is 59.7 Å². The molecule has 24 heavy (non-hydrogen) atoms. The molecule has 1 aromatic heterocycles. The van der Waals surface area contributed by atoms with Crippen molar-refractivity contribution in [2.24, 2.45) is 0 Å². The predicted molar refractivity (Wildman–Crippen MR) is 88.4 cm³/mol. The fourth-order valence-electron chi connectivity index (χ4n) is 3.04. The van der Waals surface area contributed by atoms with E-state index in [9.17, 15) is 4.79 Å². The first-order valence-corrected chi connectivity index (χ1v) is 8.40. The number of fused-ring (bicyclic) bond motifs is 1. The number of methoxy groups -OCH3 is 1. The monoisotopic (exact) mass is 335 g/mol. The van der Waals surface area contributed by atoms with Crippen molar-refractivity contribution in [1.82, 2.24) is 14.8 Å². The molecule has 2 aliphatic heterocycles. The molecular weight excluding hydrogens is 310 g/mol. The predicted octanol–water partition coefficient (Wildman–Crippen LogP) is 0.572. The minimum Gasteiger partial charge on any atom is -0.471 e. The zero-order chi connectivity index (χ0) is 16.9. The van der Waals surface area contributed by atoms with Gasteiger partial charge in [0, 0.05) is 39.0 Å². The molecule has 3 heterocycles. The molecule has 1 fully saturated rings. The van der Waals surface area contributed by atoms with Crippen molar-refractivity contribution >= 4 is 5.91 Å². The fraction of sp³-hybridized carbons (Fsp3) is 0.647. The van der Waals surface area contributed by atoms with Crippen molar-refractivity contribution in [3.05, 3.63) is 23.4 Å². The first-order valence-electron chi connectivity index (χ1n) is 8.40. The molecule has 0 saturated carbocycles. The van der Waals surface area contributed by atoms with E-state index in [1.165, 1.54) is 0 Å². The van der Waals surface area contributed by atoms with Gasteiger partial charge in [-0.05, 0) is 19.1 Å². The number of aromatic nitrogens is 1. The van der Waals surface area contributed by atoms with Gasteiger partial charge in [0.25, 0.3) is 5.91 Å². The van der Waals surface area contributed by atoms with E-state index in [-0.39, 0.29) is 12.0 Å². The number of aryl methyl sites for hydroxylation is 1. The van der Waals surface area contributed by atoms with Crippen LogP contribution in [0.1, 0.15) is 16.1 Å². The maximum absolute atomic E-state index is 12.8. The topological polar surface area (TPSA) is 64.1 Å². The molecule has 0 bridgehead atoms. The van der Waals surface area contributed by atoms with Gasteiger partial charge in [0.1, 0.15) is 11.7 Å². The third-order valence-electron chi connectivity index (χ3n) is 4.35. The lowest BCUT2D eigenvalue weighted by molar-refractivity contribution is 0.0131. The van der Waals surface area contributed by atoms with Crippen molar-refractivity contribution in [2.45, 2.75) is 13.0 Å². The van der Waals surface area contributed by atoms with Gasteiger partial charge in [-0.25, -0.2) is 4.98 Å². The van der Waals surface area contributed by atoms with Crippen LogP contribution in [0.15, 0.2) is 12.1 Å². The second-order valence-electron chi connectivity index (χ2n) is 6.20. The number of pyridine rings is 1. The third-order valence-corrected chi connectivity index (χ3v) is 4.35. The summed E-state index contributed by atoms with van der Waals surface area (Å²) in [5.74, 6) is 0.400. The van der Waals surface area contributed by atoms with E-state index in [1.54, 1.807) is 18.1 Å². The van der Waals surface area contributed by atoms with Crippen LogP contribution < -0.4 is 4.74 Å². The largest absolute Gasteiger partial charge is 0.471 e. The van der Waals surface area contributed by atoms with E-state index in [1.807, 2.05) is 13.0 Å². The Kier molecular flexibility index (Phi) is 5.65. The molecule has 0 aromatic carbocycles. The number of nitrogens with zero attached hydrogens (tertiary/aromatic N) is 3. The Bertz CT molecular complexity index is 575. The van der Waals surface area contributed by atoms with Gasteiger partial charge >= 0.3 is 0 Å². The summed E-state index contributed by atoms with van der Waals surface area (Å²) in [7, 11) is 1.64. The molecule has 7 nitrogen and oxygen atoms in total. The molecule has 132 valence electrons. The molecule has 7 heteroatoms. The minimum absolute atomic E-state index is 0.0426. The summed E-state index contributed by atoms with van der Waals surface area (Å²) in [4.78, 5) is 21.4. The van der Waals surface area contributed by atoms with Gasteiger partial charge in [0.15, 0.2) is 0 Å². The highest BCUT2D eigenvalue weighted by atomic mass is 16.5. The van der Waals surface area contributed by atoms with Gasteiger partial charge in [-0.15, -0.1) is 0 Å². The summed E-state index contributed by atoms with van der Waals surface area (Å²) in [6.07, 6.45) is -0.112. The second-order valence-corrected chi connectivity index (χ2v) is 6.20. The summed E-state index contributed by atoms with van der Waals surface area (Å²) >= 11 is 0. The summed E-state index contributed by atoms with van der Waals surface area (Å²) < 4.78 is 16.7. The van der Waals surface area contributed by atoms with Crippen LogP contribution in [0.25, 0.3) is 0 Å². The van der Waals surface area contributed by atoms with Crippen molar-refractivity contribution in [1.29, 1.82) is 0 Å². The number of amides is 1. The SMILES string of the molecule is COCCN1CC(CN2CCOCC2)Oc2nc(C)ccc2C1=O. The van der Waals surface area contributed by atoms with Crippen molar-refractivity contribution in [3.8, 4) is 5.88 Å². The summed E-state index contributed by atoms with van der Waals surface area (Å²) in [5, 5.41) is 0. The third kappa shape index (κ3) is 4.03.